The molecule has 2 nitrogen and oxygen atoms in total. The average molecular weight is 415 g/mol. The molecule has 0 spiro atoms. The van der Waals surface area contributed by atoms with Gasteiger partial charge in [-0.05, 0) is 22.5 Å². The van der Waals surface area contributed by atoms with Gasteiger partial charge in [-0.15, -0.1) is 0 Å². The van der Waals surface area contributed by atoms with Gasteiger partial charge in [-0.1, -0.05) is 106 Å². The SMILES string of the molecule is CC[Si](CC)(OC)O[Si](C=C[Si](C)(C)C)(c1ccccc1)c1ccccc1. The Morgan fingerprint density at radius 2 is 1.19 bits per heavy atom. The second-order valence-electron chi connectivity index (χ2n) is 8.09. The monoisotopic (exact) mass is 414 g/mol. The summed E-state index contributed by atoms with van der Waals surface area (Å²) in [5.74, 6) is 0. The lowest BCUT2D eigenvalue weighted by atomic mass is 10.4. The highest BCUT2D eigenvalue weighted by Gasteiger charge is 2.46. The van der Waals surface area contributed by atoms with Crippen LogP contribution in [-0.2, 0) is 8.54 Å². The zero-order valence-electron chi connectivity index (χ0n) is 17.7. The number of hydrogen-bond acceptors (Lipinski definition) is 2. The smallest absolute Gasteiger partial charge is 0.327 e. The maximum Gasteiger partial charge on any atom is 0.327 e. The first-order chi connectivity index (χ1) is 12.8. The van der Waals surface area contributed by atoms with Gasteiger partial charge in [0.05, 0.1) is 8.07 Å². The lowest BCUT2D eigenvalue weighted by molar-refractivity contribution is 0.301. The van der Waals surface area contributed by atoms with Crippen LogP contribution in [0.5, 0.6) is 0 Å². The molecule has 2 aromatic carbocycles. The largest absolute Gasteiger partial charge is 0.425 e. The summed E-state index contributed by atoms with van der Waals surface area (Å²) >= 11 is 0. The summed E-state index contributed by atoms with van der Waals surface area (Å²) in [6.07, 6.45) is 0. The maximum atomic E-state index is 7.23. The van der Waals surface area contributed by atoms with Crippen LogP contribution in [0, 0.1) is 0 Å². The predicted octanol–water partition coefficient (Wildman–Crippen LogP) is 4.86. The third kappa shape index (κ3) is 5.39. The van der Waals surface area contributed by atoms with E-state index in [1.165, 1.54) is 10.4 Å². The zero-order chi connectivity index (χ0) is 20.0. The molecule has 0 amide bonds. The summed E-state index contributed by atoms with van der Waals surface area (Å²) in [6.45, 7) is 11.5. The van der Waals surface area contributed by atoms with Gasteiger partial charge in [-0.3, -0.25) is 0 Å². The quantitative estimate of drug-likeness (QED) is 0.545. The van der Waals surface area contributed by atoms with E-state index in [1.807, 2.05) is 7.11 Å². The van der Waals surface area contributed by atoms with E-state index in [0.717, 1.165) is 12.1 Å². The standard InChI is InChI=1S/C22H34O2Si3/c1-7-26(8-2,23-3)24-27(20-19-25(4,5)6,21-15-11-9-12-16-21)22-17-13-10-14-18-22/h9-20H,7-8H2,1-6H3. The molecule has 0 aliphatic carbocycles. The van der Waals surface area contributed by atoms with Crippen LogP contribution in [0.4, 0.5) is 0 Å². The first-order valence-corrected chi connectivity index (χ1v) is 17.7. The lowest BCUT2D eigenvalue weighted by Crippen LogP contribution is -2.65. The summed E-state index contributed by atoms with van der Waals surface area (Å²) < 4.78 is 13.3. The lowest BCUT2D eigenvalue weighted by Gasteiger charge is -2.39. The van der Waals surface area contributed by atoms with Gasteiger partial charge in [0.2, 0.25) is 0 Å². The molecule has 5 heteroatoms. The highest BCUT2D eigenvalue weighted by Crippen LogP contribution is 2.25. The summed E-state index contributed by atoms with van der Waals surface area (Å²) in [7, 11) is -4.41. The van der Waals surface area contributed by atoms with Crippen LogP contribution >= 0.6 is 0 Å². The van der Waals surface area contributed by atoms with Crippen LogP contribution < -0.4 is 10.4 Å². The van der Waals surface area contributed by atoms with Crippen molar-refractivity contribution < 1.29 is 8.54 Å². The molecule has 146 valence electrons. The van der Waals surface area contributed by atoms with E-state index >= 15 is 0 Å². The minimum Gasteiger partial charge on any atom is -0.425 e. The van der Waals surface area contributed by atoms with Crippen molar-refractivity contribution >= 4 is 35.3 Å². The summed E-state index contributed by atoms with van der Waals surface area (Å²) in [6, 6.07) is 23.5. The zero-order valence-corrected chi connectivity index (χ0v) is 20.7. The van der Waals surface area contributed by atoms with E-state index in [-0.39, 0.29) is 0 Å². The van der Waals surface area contributed by atoms with Gasteiger partial charge in [0.15, 0.2) is 0 Å². The van der Waals surface area contributed by atoms with E-state index in [2.05, 4.69) is 106 Å². The Labute approximate surface area is 168 Å². The molecule has 0 heterocycles. The van der Waals surface area contributed by atoms with Crippen LogP contribution in [-0.4, -0.2) is 32.1 Å². The van der Waals surface area contributed by atoms with E-state index in [0.29, 0.717) is 0 Å². The van der Waals surface area contributed by atoms with Gasteiger partial charge >= 0.3 is 8.56 Å². The molecule has 0 unspecified atom stereocenters. The van der Waals surface area contributed by atoms with Crippen molar-refractivity contribution in [3.8, 4) is 0 Å². The van der Waals surface area contributed by atoms with Crippen LogP contribution in [0.3, 0.4) is 0 Å². The topological polar surface area (TPSA) is 18.5 Å². The Morgan fingerprint density at radius 3 is 1.52 bits per heavy atom. The fourth-order valence-corrected chi connectivity index (χ4v) is 14.4. The highest BCUT2D eigenvalue weighted by atomic mass is 28.4. The molecule has 2 aromatic rings. The number of benzene rings is 2. The molecule has 0 atom stereocenters. The van der Waals surface area contributed by atoms with Crippen molar-refractivity contribution in [2.75, 3.05) is 7.11 Å². The summed E-state index contributed by atoms with van der Waals surface area (Å²) in [4.78, 5) is 0. The molecule has 27 heavy (non-hydrogen) atoms. The second-order valence-corrected chi connectivity index (χ2v) is 20.6. The molecule has 0 radical (unpaired) electrons. The number of hydrogen-bond donors (Lipinski definition) is 0. The van der Waals surface area contributed by atoms with Crippen LogP contribution in [0.25, 0.3) is 0 Å². The maximum absolute atomic E-state index is 7.23. The van der Waals surface area contributed by atoms with Gasteiger partial charge in [0.25, 0.3) is 8.32 Å². The molecule has 0 saturated carbocycles. The summed E-state index contributed by atoms with van der Waals surface area (Å²) in [5.41, 5.74) is 4.90. The fraction of sp³-hybridized carbons (Fsp3) is 0.364. The predicted molar refractivity (Wildman–Crippen MR) is 125 cm³/mol. The van der Waals surface area contributed by atoms with Crippen molar-refractivity contribution in [3.63, 3.8) is 0 Å². The van der Waals surface area contributed by atoms with Crippen molar-refractivity contribution in [2.45, 2.75) is 45.6 Å². The van der Waals surface area contributed by atoms with Crippen molar-refractivity contribution in [1.29, 1.82) is 0 Å². The Balaban J connectivity index is 2.75. The first-order valence-electron chi connectivity index (χ1n) is 9.87. The number of rotatable bonds is 9. The Hall–Kier alpha value is -1.25. The van der Waals surface area contributed by atoms with Crippen molar-refractivity contribution in [1.82, 2.24) is 0 Å². The highest BCUT2D eigenvalue weighted by molar-refractivity contribution is 7.05. The van der Waals surface area contributed by atoms with Crippen molar-refractivity contribution in [3.05, 3.63) is 72.1 Å². The van der Waals surface area contributed by atoms with Gasteiger partial charge < -0.3 is 8.54 Å². The van der Waals surface area contributed by atoms with Crippen molar-refractivity contribution in [2.24, 2.45) is 0 Å². The molecule has 0 N–H and O–H groups in total. The minimum absolute atomic E-state index is 0.954. The third-order valence-electron chi connectivity index (χ3n) is 5.02. The third-order valence-corrected chi connectivity index (χ3v) is 15.2. The van der Waals surface area contributed by atoms with Gasteiger partial charge in [0, 0.05) is 7.11 Å². The molecule has 0 aliphatic heterocycles. The average Bonchev–Trinajstić information content (AvgIpc) is 2.70. The van der Waals surface area contributed by atoms with E-state index in [9.17, 15) is 0 Å². The Kier molecular flexibility index (Phi) is 7.59. The minimum atomic E-state index is -2.56. The van der Waals surface area contributed by atoms with E-state index in [1.54, 1.807) is 0 Å². The first kappa shape index (κ1) is 22.0. The Morgan fingerprint density at radius 1 is 0.741 bits per heavy atom. The van der Waals surface area contributed by atoms with Gasteiger partial charge in [-0.25, -0.2) is 0 Å². The molecule has 0 aromatic heterocycles. The fourth-order valence-electron chi connectivity index (χ4n) is 3.27. The van der Waals surface area contributed by atoms with Gasteiger partial charge in [-0.2, -0.15) is 0 Å². The van der Waals surface area contributed by atoms with Crippen LogP contribution in [0.2, 0.25) is 31.7 Å². The van der Waals surface area contributed by atoms with E-state index < -0.39 is 25.0 Å². The normalized spacial score (nSPS) is 13.3. The molecule has 0 saturated heterocycles. The molecule has 0 aliphatic rings. The van der Waals surface area contributed by atoms with Crippen LogP contribution in [0.15, 0.2) is 72.1 Å². The van der Waals surface area contributed by atoms with Gasteiger partial charge in [0.1, 0.15) is 0 Å². The summed E-state index contributed by atoms with van der Waals surface area (Å²) in [5, 5.41) is 2.59. The molecule has 0 bridgehead atoms. The molecule has 0 fully saturated rings. The van der Waals surface area contributed by atoms with Crippen LogP contribution in [0.1, 0.15) is 13.8 Å². The molecular formula is C22H34O2Si3. The molecular weight excluding hydrogens is 380 g/mol. The Bertz CT molecular complexity index is 672. The second kappa shape index (κ2) is 9.30. The molecule has 2 rings (SSSR count). The van der Waals surface area contributed by atoms with E-state index in [4.69, 9.17) is 8.54 Å².